The molecule has 0 radical (unpaired) electrons. The number of carbonyl (C=O) groups is 1. The van der Waals surface area contributed by atoms with Crippen LogP contribution >= 0.6 is 0 Å². The van der Waals surface area contributed by atoms with Crippen LogP contribution in [0.1, 0.15) is 0 Å². The van der Waals surface area contributed by atoms with E-state index >= 15 is 0 Å². The minimum Gasteiger partial charge on any atom is -0.377 e. The lowest BCUT2D eigenvalue weighted by atomic mass is 9.87. The molecule has 17 heavy (non-hydrogen) atoms. The third-order valence-electron chi connectivity index (χ3n) is 2.52. The second-order valence-electron chi connectivity index (χ2n) is 3.77. The predicted octanol–water partition coefficient (Wildman–Crippen LogP) is 1.44. The summed E-state index contributed by atoms with van der Waals surface area (Å²) in [5.41, 5.74) is -1.42. The van der Waals surface area contributed by atoms with Gasteiger partial charge in [0.1, 0.15) is 11.6 Å². The normalized spacial score (nSPS) is 16.8. The summed E-state index contributed by atoms with van der Waals surface area (Å²) < 4.78 is 30.7. The average Bonchev–Trinajstić information content (AvgIpc) is 2.21. The van der Waals surface area contributed by atoms with Crippen LogP contribution in [0, 0.1) is 28.4 Å². The van der Waals surface area contributed by atoms with Gasteiger partial charge in [0.15, 0.2) is 5.41 Å². The first-order valence-corrected chi connectivity index (χ1v) is 4.83. The Morgan fingerprint density at radius 2 is 2.18 bits per heavy atom. The topological polar surface area (TPSA) is 62.1 Å². The second-order valence-corrected chi connectivity index (χ2v) is 3.77. The monoisotopic (exact) mass is 238 g/mol. The molecule has 1 aliphatic heterocycles. The Bertz CT molecular complexity index is 507. The molecule has 0 saturated carbocycles. The summed E-state index contributed by atoms with van der Waals surface area (Å²) in [4.78, 5) is 11.7. The quantitative estimate of drug-likeness (QED) is 0.848. The Kier molecular flexibility index (Phi) is 2.77. The van der Waals surface area contributed by atoms with Gasteiger partial charge < -0.3 is 10.1 Å². The van der Waals surface area contributed by atoms with Gasteiger partial charge in [-0.25, -0.2) is 8.78 Å². The molecule has 1 fully saturated rings. The van der Waals surface area contributed by atoms with Crippen LogP contribution in [0.2, 0.25) is 0 Å². The van der Waals surface area contributed by atoms with Crippen molar-refractivity contribution in [1.82, 2.24) is 0 Å². The summed E-state index contributed by atoms with van der Waals surface area (Å²) in [6.07, 6.45) is 0. The maximum absolute atomic E-state index is 13.3. The van der Waals surface area contributed by atoms with Crippen LogP contribution < -0.4 is 5.32 Å². The number of hydrogen-bond acceptors (Lipinski definition) is 3. The molecule has 0 bridgehead atoms. The fourth-order valence-electron chi connectivity index (χ4n) is 1.39. The predicted molar refractivity (Wildman–Crippen MR) is 53.9 cm³/mol. The molecular formula is C11H8F2N2O2. The minimum absolute atomic E-state index is 0.0157. The number of carbonyl (C=O) groups excluding carboxylic acids is 1. The van der Waals surface area contributed by atoms with Crippen molar-refractivity contribution in [2.75, 3.05) is 18.5 Å². The lowest BCUT2D eigenvalue weighted by Crippen LogP contribution is -2.50. The molecule has 4 nitrogen and oxygen atoms in total. The Hall–Kier alpha value is -2.00. The average molecular weight is 238 g/mol. The number of ether oxygens (including phenoxy) is 1. The van der Waals surface area contributed by atoms with Crippen molar-refractivity contribution in [3.63, 3.8) is 0 Å². The van der Waals surface area contributed by atoms with Gasteiger partial charge in [-0.3, -0.25) is 4.79 Å². The first-order valence-electron chi connectivity index (χ1n) is 4.83. The molecule has 1 aliphatic rings. The van der Waals surface area contributed by atoms with Crippen molar-refractivity contribution in [3.8, 4) is 6.07 Å². The van der Waals surface area contributed by atoms with Gasteiger partial charge in [0, 0.05) is 6.07 Å². The highest BCUT2D eigenvalue weighted by Gasteiger charge is 2.46. The molecule has 1 aromatic carbocycles. The van der Waals surface area contributed by atoms with Crippen molar-refractivity contribution in [3.05, 3.63) is 29.8 Å². The maximum Gasteiger partial charge on any atom is 0.249 e. The number of halogens is 2. The van der Waals surface area contributed by atoms with Crippen LogP contribution in [0.15, 0.2) is 18.2 Å². The first kappa shape index (κ1) is 11.5. The fraction of sp³-hybridized carbons (Fsp3) is 0.273. The largest absolute Gasteiger partial charge is 0.377 e. The molecule has 1 heterocycles. The zero-order chi connectivity index (χ0) is 12.5. The summed E-state index contributed by atoms with van der Waals surface area (Å²) >= 11 is 0. The van der Waals surface area contributed by atoms with Gasteiger partial charge in [-0.05, 0) is 12.1 Å². The molecule has 1 aromatic rings. The van der Waals surface area contributed by atoms with Gasteiger partial charge in [-0.15, -0.1) is 0 Å². The molecule has 0 atom stereocenters. The van der Waals surface area contributed by atoms with Crippen LogP contribution in [0.4, 0.5) is 14.5 Å². The van der Waals surface area contributed by atoms with Crippen molar-refractivity contribution in [2.24, 2.45) is 5.41 Å². The third kappa shape index (κ3) is 1.97. The highest BCUT2D eigenvalue weighted by atomic mass is 19.1. The Morgan fingerprint density at radius 1 is 1.47 bits per heavy atom. The Labute approximate surface area is 95.8 Å². The zero-order valence-electron chi connectivity index (χ0n) is 8.67. The number of anilines is 1. The summed E-state index contributed by atoms with van der Waals surface area (Å²) in [6, 6.07) is 4.62. The van der Waals surface area contributed by atoms with E-state index in [0.717, 1.165) is 12.1 Å². The summed E-state index contributed by atoms with van der Waals surface area (Å²) in [5, 5.41) is 11.1. The van der Waals surface area contributed by atoms with Crippen LogP contribution in [-0.4, -0.2) is 19.1 Å². The molecule has 1 amide bonds. The molecule has 1 saturated heterocycles. The fourth-order valence-corrected chi connectivity index (χ4v) is 1.39. The molecule has 0 unspecified atom stereocenters. The highest BCUT2D eigenvalue weighted by molar-refractivity contribution is 5.98. The van der Waals surface area contributed by atoms with Crippen LogP contribution in [0.25, 0.3) is 0 Å². The van der Waals surface area contributed by atoms with E-state index in [9.17, 15) is 13.6 Å². The number of benzene rings is 1. The van der Waals surface area contributed by atoms with Crippen LogP contribution in [0.3, 0.4) is 0 Å². The van der Waals surface area contributed by atoms with Gasteiger partial charge >= 0.3 is 0 Å². The summed E-state index contributed by atoms with van der Waals surface area (Å²) in [5.74, 6) is -2.26. The number of nitriles is 1. The number of nitrogens with one attached hydrogen (secondary N) is 1. The molecule has 0 aliphatic carbocycles. The Balaban J connectivity index is 2.16. The number of hydrogen-bond donors (Lipinski definition) is 1. The number of rotatable bonds is 2. The van der Waals surface area contributed by atoms with Crippen molar-refractivity contribution in [2.45, 2.75) is 0 Å². The number of amides is 1. The van der Waals surface area contributed by atoms with E-state index in [-0.39, 0.29) is 18.9 Å². The standard InChI is InChI=1S/C11H8F2N2O2/c12-7-1-2-9(8(13)3-7)15-10(16)11(4-14)5-17-6-11/h1-3H,5-6H2,(H,15,16). The van der Waals surface area contributed by atoms with E-state index < -0.39 is 23.0 Å². The molecular weight excluding hydrogens is 230 g/mol. The third-order valence-corrected chi connectivity index (χ3v) is 2.52. The van der Waals surface area contributed by atoms with Gasteiger partial charge in [0.05, 0.1) is 25.0 Å². The highest BCUT2D eigenvalue weighted by Crippen LogP contribution is 2.28. The van der Waals surface area contributed by atoms with Crippen molar-refractivity contribution < 1.29 is 18.3 Å². The molecule has 1 N–H and O–H groups in total. The zero-order valence-corrected chi connectivity index (χ0v) is 8.67. The maximum atomic E-state index is 13.3. The van der Waals surface area contributed by atoms with Crippen molar-refractivity contribution in [1.29, 1.82) is 5.26 Å². The van der Waals surface area contributed by atoms with Crippen LogP contribution in [0.5, 0.6) is 0 Å². The molecule has 88 valence electrons. The van der Waals surface area contributed by atoms with Gasteiger partial charge in [0.25, 0.3) is 0 Å². The van der Waals surface area contributed by atoms with Gasteiger partial charge in [-0.2, -0.15) is 5.26 Å². The van der Waals surface area contributed by atoms with Gasteiger partial charge in [0.2, 0.25) is 5.91 Å². The molecule has 0 aromatic heterocycles. The van der Waals surface area contributed by atoms with E-state index in [0.29, 0.717) is 6.07 Å². The first-order chi connectivity index (χ1) is 8.07. The van der Waals surface area contributed by atoms with E-state index in [1.807, 2.05) is 6.07 Å². The lowest BCUT2D eigenvalue weighted by molar-refractivity contribution is -0.144. The van der Waals surface area contributed by atoms with Gasteiger partial charge in [-0.1, -0.05) is 0 Å². The molecule has 0 spiro atoms. The smallest absolute Gasteiger partial charge is 0.249 e. The van der Waals surface area contributed by atoms with Crippen LogP contribution in [-0.2, 0) is 9.53 Å². The lowest BCUT2D eigenvalue weighted by Gasteiger charge is -2.33. The minimum atomic E-state index is -1.26. The summed E-state index contributed by atoms with van der Waals surface area (Å²) in [6.45, 7) is -0.0315. The summed E-state index contributed by atoms with van der Waals surface area (Å²) in [7, 11) is 0. The van der Waals surface area contributed by atoms with E-state index in [1.165, 1.54) is 0 Å². The van der Waals surface area contributed by atoms with E-state index in [4.69, 9.17) is 10.00 Å². The molecule has 6 heteroatoms. The second kappa shape index (κ2) is 4.11. The number of nitrogens with zero attached hydrogens (tertiary/aromatic N) is 1. The Morgan fingerprint density at radius 3 is 2.65 bits per heavy atom. The van der Waals surface area contributed by atoms with E-state index in [2.05, 4.69) is 5.32 Å². The SMILES string of the molecule is N#CC1(C(=O)Nc2ccc(F)cc2F)COC1. The van der Waals surface area contributed by atoms with E-state index in [1.54, 1.807) is 0 Å². The molecule has 2 rings (SSSR count). The van der Waals surface area contributed by atoms with Crippen molar-refractivity contribution >= 4 is 11.6 Å².